The Labute approximate surface area is 198 Å². The lowest BCUT2D eigenvalue weighted by molar-refractivity contribution is 0.234. The van der Waals surface area contributed by atoms with Gasteiger partial charge in [0, 0.05) is 48.7 Å². The molecule has 3 aliphatic rings. The number of nitrogens with one attached hydrogen (secondary N) is 2. The van der Waals surface area contributed by atoms with Crippen molar-refractivity contribution >= 4 is 33.5 Å². The van der Waals surface area contributed by atoms with Gasteiger partial charge in [-0.25, -0.2) is 22.5 Å². The van der Waals surface area contributed by atoms with Crippen LogP contribution in [0.25, 0.3) is 11.1 Å². The monoisotopic (exact) mass is 492 g/mol. The first-order valence-electron chi connectivity index (χ1n) is 11.2. The normalized spacial score (nSPS) is 23.3. The maximum Gasteiger partial charge on any atom is 0.320 e. The minimum atomic E-state index is -3.16. The van der Waals surface area contributed by atoms with Crippen molar-refractivity contribution in [3.05, 3.63) is 29.2 Å². The van der Waals surface area contributed by atoms with Crippen LogP contribution in [0.4, 0.5) is 10.6 Å². The molecule has 5 rings (SSSR count). The van der Waals surface area contributed by atoms with Crippen LogP contribution in [0.15, 0.2) is 18.5 Å². The van der Waals surface area contributed by atoms with Crippen molar-refractivity contribution in [2.75, 3.05) is 24.7 Å². The van der Waals surface area contributed by atoms with Gasteiger partial charge in [-0.1, -0.05) is 25.4 Å². The minimum absolute atomic E-state index is 0.00263. The largest absolute Gasteiger partial charge is 0.335 e. The maximum atomic E-state index is 12.6. The van der Waals surface area contributed by atoms with E-state index in [2.05, 4.69) is 34.6 Å². The van der Waals surface area contributed by atoms with E-state index in [0.29, 0.717) is 23.9 Å². The molecule has 0 aromatic carbocycles. The second-order valence-electron chi connectivity index (χ2n) is 10.4. The van der Waals surface area contributed by atoms with Gasteiger partial charge in [-0.2, -0.15) is 5.10 Å². The molecule has 178 valence electrons. The van der Waals surface area contributed by atoms with Crippen molar-refractivity contribution in [1.82, 2.24) is 24.4 Å². The molecule has 1 spiro atoms. The molecule has 33 heavy (non-hydrogen) atoms. The number of urea groups is 1. The zero-order chi connectivity index (χ0) is 23.6. The van der Waals surface area contributed by atoms with Gasteiger partial charge >= 0.3 is 6.03 Å². The van der Waals surface area contributed by atoms with Gasteiger partial charge in [0.2, 0.25) is 10.0 Å². The van der Waals surface area contributed by atoms with Crippen molar-refractivity contribution in [2.45, 2.75) is 52.1 Å². The van der Waals surface area contributed by atoms with E-state index >= 15 is 0 Å². The number of piperidine rings is 1. The third-order valence-electron chi connectivity index (χ3n) is 7.24. The smallest absolute Gasteiger partial charge is 0.320 e. The molecule has 2 aromatic rings. The highest BCUT2D eigenvalue weighted by molar-refractivity contribution is 7.88. The summed E-state index contributed by atoms with van der Waals surface area (Å²) in [7, 11) is -3.16. The lowest BCUT2D eigenvalue weighted by Crippen LogP contribution is -2.41. The number of hydrogen-bond donors (Lipinski definition) is 2. The van der Waals surface area contributed by atoms with Crippen LogP contribution in [0, 0.1) is 10.8 Å². The lowest BCUT2D eigenvalue weighted by Gasteiger charge is -2.31. The van der Waals surface area contributed by atoms with Gasteiger partial charge < -0.3 is 5.32 Å². The molecule has 9 nitrogen and oxygen atoms in total. The van der Waals surface area contributed by atoms with E-state index in [-0.39, 0.29) is 22.9 Å². The number of anilines is 1. The predicted octanol–water partition coefficient (Wildman–Crippen LogP) is 3.12. The number of rotatable bonds is 4. The molecule has 1 aliphatic carbocycles. The minimum Gasteiger partial charge on any atom is -0.335 e. The van der Waals surface area contributed by atoms with Gasteiger partial charge in [0.1, 0.15) is 5.82 Å². The number of halogens is 1. The molecule has 2 amide bonds. The summed E-state index contributed by atoms with van der Waals surface area (Å²) >= 11 is 6.46. The quantitative estimate of drug-likeness (QED) is 0.681. The summed E-state index contributed by atoms with van der Waals surface area (Å²) < 4.78 is 27.0. The second-order valence-corrected chi connectivity index (χ2v) is 12.8. The van der Waals surface area contributed by atoms with Crippen molar-refractivity contribution in [1.29, 1.82) is 0 Å². The molecule has 4 heterocycles. The number of carbonyl (C=O) groups excluding carboxylic acids is 1. The van der Waals surface area contributed by atoms with Crippen LogP contribution in [-0.2, 0) is 23.0 Å². The Balaban J connectivity index is 1.23. The Morgan fingerprint density at radius 2 is 1.94 bits per heavy atom. The first-order chi connectivity index (χ1) is 15.5. The van der Waals surface area contributed by atoms with Gasteiger partial charge in [0.05, 0.1) is 17.5 Å². The molecule has 11 heteroatoms. The molecule has 2 fully saturated rings. The first-order valence-corrected chi connectivity index (χ1v) is 13.4. The molecule has 1 saturated heterocycles. The van der Waals surface area contributed by atoms with Crippen LogP contribution >= 0.6 is 11.6 Å². The van der Waals surface area contributed by atoms with Crippen LogP contribution in [0.2, 0.25) is 5.02 Å². The highest BCUT2D eigenvalue weighted by atomic mass is 35.5. The van der Waals surface area contributed by atoms with Gasteiger partial charge in [-0.3, -0.25) is 10.00 Å². The summed E-state index contributed by atoms with van der Waals surface area (Å²) in [5.41, 5.74) is 3.06. The summed E-state index contributed by atoms with van der Waals surface area (Å²) in [5, 5.41) is 10.9. The molecular weight excluding hydrogens is 464 g/mol. The Morgan fingerprint density at radius 1 is 1.21 bits per heavy atom. The second kappa shape index (κ2) is 7.68. The molecule has 1 saturated carbocycles. The van der Waals surface area contributed by atoms with E-state index in [9.17, 15) is 13.2 Å². The molecule has 2 aromatic heterocycles. The van der Waals surface area contributed by atoms with Gasteiger partial charge in [-0.05, 0) is 42.6 Å². The van der Waals surface area contributed by atoms with Gasteiger partial charge in [-0.15, -0.1) is 0 Å². The molecule has 2 N–H and O–H groups in total. The number of pyridine rings is 1. The third kappa shape index (κ3) is 4.36. The fourth-order valence-corrected chi connectivity index (χ4v) is 6.32. The lowest BCUT2D eigenvalue weighted by atomic mass is 9.89. The highest BCUT2D eigenvalue weighted by Gasteiger charge is 2.56. The molecule has 2 aliphatic heterocycles. The van der Waals surface area contributed by atoms with E-state index in [1.165, 1.54) is 10.6 Å². The van der Waals surface area contributed by atoms with Crippen LogP contribution in [0.5, 0.6) is 0 Å². The van der Waals surface area contributed by atoms with Crippen molar-refractivity contribution in [3.8, 4) is 11.1 Å². The maximum absolute atomic E-state index is 12.6. The third-order valence-corrected chi connectivity index (χ3v) is 8.85. The number of sulfonamides is 1. The standard InChI is InChI=1S/C22H29ClN6O3S/c1-21(2)9-17-15(11-25-29(17)13-21)14-8-19(24-12-16(14)23)27-20(30)26-18-10-22(18)4-6-28(7-5-22)33(3,31)32/h8,11-12,18H,4-7,9-10,13H2,1-3H3,(H2,24,26,27,30)/t18-/m1/s1. The Hall–Kier alpha value is -2.17. The number of amides is 2. The topological polar surface area (TPSA) is 109 Å². The first kappa shape index (κ1) is 22.6. The van der Waals surface area contributed by atoms with Crippen molar-refractivity contribution in [3.63, 3.8) is 0 Å². The van der Waals surface area contributed by atoms with Crippen LogP contribution in [-0.4, -0.2) is 58.9 Å². The van der Waals surface area contributed by atoms with Crippen molar-refractivity contribution < 1.29 is 13.2 Å². The fourth-order valence-electron chi connectivity index (χ4n) is 5.26. The Bertz CT molecular complexity index is 1220. The molecule has 1 atom stereocenters. The number of carbonyl (C=O) groups is 1. The van der Waals surface area contributed by atoms with Crippen LogP contribution < -0.4 is 10.6 Å². The van der Waals surface area contributed by atoms with E-state index in [1.54, 1.807) is 12.3 Å². The fraction of sp³-hybridized carbons (Fsp3) is 0.591. The predicted molar refractivity (Wildman–Crippen MR) is 127 cm³/mol. The molecule has 0 radical (unpaired) electrons. The number of hydrogen-bond acceptors (Lipinski definition) is 5. The Morgan fingerprint density at radius 3 is 2.64 bits per heavy atom. The SMILES string of the molecule is CC1(C)Cc2c(-c3cc(NC(=O)N[C@@H]4CC45CCN(S(C)(=O)=O)CC5)ncc3Cl)cnn2C1. The van der Waals surface area contributed by atoms with E-state index in [0.717, 1.165) is 49.0 Å². The summed E-state index contributed by atoms with van der Waals surface area (Å²) in [4.78, 5) is 16.9. The average molecular weight is 493 g/mol. The van der Waals surface area contributed by atoms with Gasteiger partial charge in [0.25, 0.3) is 0 Å². The molecule has 0 unspecified atom stereocenters. The van der Waals surface area contributed by atoms with Crippen LogP contribution in [0.1, 0.15) is 38.8 Å². The summed E-state index contributed by atoms with van der Waals surface area (Å²) in [6, 6.07) is 1.52. The average Bonchev–Trinajstić information content (AvgIpc) is 3.05. The molecular formula is C22H29ClN6O3S. The van der Waals surface area contributed by atoms with E-state index in [1.807, 2.05) is 10.9 Å². The summed E-state index contributed by atoms with van der Waals surface area (Å²) in [6.45, 7) is 6.31. The summed E-state index contributed by atoms with van der Waals surface area (Å²) in [5.74, 6) is 0.422. The zero-order valence-electron chi connectivity index (χ0n) is 19.1. The number of nitrogens with zero attached hydrogens (tertiary/aromatic N) is 4. The molecule has 0 bridgehead atoms. The van der Waals surface area contributed by atoms with E-state index in [4.69, 9.17) is 11.6 Å². The highest BCUT2D eigenvalue weighted by Crippen LogP contribution is 2.54. The van der Waals surface area contributed by atoms with E-state index < -0.39 is 10.0 Å². The summed E-state index contributed by atoms with van der Waals surface area (Å²) in [6.07, 6.45) is 7.92. The number of fused-ring (bicyclic) bond motifs is 1. The zero-order valence-corrected chi connectivity index (χ0v) is 20.6. The van der Waals surface area contributed by atoms with Crippen molar-refractivity contribution in [2.24, 2.45) is 10.8 Å². The van der Waals surface area contributed by atoms with Crippen LogP contribution in [0.3, 0.4) is 0 Å². The Kier molecular flexibility index (Phi) is 5.26. The number of aromatic nitrogens is 3. The van der Waals surface area contributed by atoms with Gasteiger partial charge in [0.15, 0.2) is 0 Å².